The number of nitrogens with two attached hydrogens (primary N) is 1. The van der Waals surface area contributed by atoms with Crippen LogP contribution >= 0.6 is 12.2 Å². The highest BCUT2D eigenvalue weighted by Crippen LogP contribution is 2.26. The smallest absolute Gasteiger partial charge is 0.260 e. The van der Waals surface area contributed by atoms with Gasteiger partial charge in [-0.25, -0.2) is 0 Å². The highest BCUT2D eigenvalue weighted by molar-refractivity contribution is 7.80. The van der Waals surface area contributed by atoms with E-state index in [9.17, 15) is 4.79 Å². The lowest BCUT2D eigenvalue weighted by Crippen LogP contribution is -2.38. The molecule has 0 heterocycles. The molecule has 0 aliphatic carbocycles. The second-order valence-corrected chi connectivity index (χ2v) is 6.14. The van der Waals surface area contributed by atoms with E-state index in [-0.39, 0.29) is 5.91 Å². The van der Waals surface area contributed by atoms with E-state index >= 15 is 0 Å². The Hall–Kier alpha value is -1.62. The number of aryl methyl sites for hydroxylation is 2. The molecule has 116 valence electrons. The molecule has 0 radical (unpaired) electrons. The zero-order valence-corrected chi connectivity index (χ0v) is 14.1. The Kier molecular flexibility index (Phi) is 6.15. The van der Waals surface area contributed by atoms with Crippen LogP contribution in [0.4, 0.5) is 0 Å². The molecule has 1 amide bonds. The van der Waals surface area contributed by atoms with Crippen molar-refractivity contribution in [3.8, 4) is 5.75 Å². The van der Waals surface area contributed by atoms with Gasteiger partial charge in [-0.3, -0.25) is 4.79 Å². The largest absolute Gasteiger partial charge is 0.480 e. The molecule has 0 bridgehead atoms. The Morgan fingerprint density at radius 1 is 1.29 bits per heavy atom. The summed E-state index contributed by atoms with van der Waals surface area (Å²) >= 11 is 4.99. The number of hydrogen-bond acceptors (Lipinski definition) is 3. The summed E-state index contributed by atoms with van der Waals surface area (Å²) in [5.41, 5.74) is 8.29. The maximum absolute atomic E-state index is 12.0. The quantitative estimate of drug-likeness (QED) is 0.793. The maximum atomic E-state index is 12.0. The van der Waals surface area contributed by atoms with Crippen molar-refractivity contribution in [1.82, 2.24) is 5.32 Å². The first-order valence-corrected chi connectivity index (χ1v) is 7.48. The minimum Gasteiger partial charge on any atom is -0.480 e. The summed E-state index contributed by atoms with van der Waals surface area (Å²) in [6, 6.07) is 3.76. The Bertz CT molecular complexity index is 518. The molecule has 1 unspecified atom stereocenters. The van der Waals surface area contributed by atoms with Gasteiger partial charge in [-0.05, 0) is 49.9 Å². The maximum Gasteiger partial charge on any atom is 0.260 e. The molecule has 0 saturated carbocycles. The molecule has 0 spiro atoms. The predicted molar refractivity (Wildman–Crippen MR) is 89.7 cm³/mol. The number of hydrogen-bond donors (Lipinski definition) is 2. The van der Waals surface area contributed by atoms with Crippen LogP contribution in [0.3, 0.4) is 0 Å². The number of nitrogens with one attached hydrogen (secondary N) is 1. The molecule has 21 heavy (non-hydrogen) atoms. The molecule has 1 aromatic rings. The number of rotatable bonds is 6. The Balaban J connectivity index is 2.83. The van der Waals surface area contributed by atoms with E-state index in [1.54, 1.807) is 6.92 Å². The summed E-state index contributed by atoms with van der Waals surface area (Å²) < 4.78 is 5.81. The fourth-order valence-electron chi connectivity index (χ4n) is 1.96. The van der Waals surface area contributed by atoms with Crippen molar-refractivity contribution in [1.29, 1.82) is 0 Å². The van der Waals surface area contributed by atoms with Gasteiger partial charge >= 0.3 is 0 Å². The van der Waals surface area contributed by atoms with Gasteiger partial charge in [0.05, 0.1) is 0 Å². The average molecular weight is 308 g/mol. The first-order valence-electron chi connectivity index (χ1n) is 7.07. The van der Waals surface area contributed by atoms with E-state index in [0.29, 0.717) is 23.2 Å². The molecular weight excluding hydrogens is 284 g/mol. The molecule has 5 heteroatoms. The third kappa shape index (κ3) is 5.01. The summed E-state index contributed by atoms with van der Waals surface area (Å²) in [5, 5.41) is 2.87. The van der Waals surface area contributed by atoms with Crippen LogP contribution in [0.25, 0.3) is 0 Å². The lowest BCUT2D eigenvalue weighted by molar-refractivity contribution is -0.127. The summed E-state index contributed by atoms with van der Waals surface area (Å²) in [7, 11) is 0. The van der Waals surface area contributed by atoms with Crippen LogP contribution in [0.5, 0.6) is 5.75 Å². The van der Waals surface area contributed by atoms with Crippen molar-refractivity contribution >= 4 is 23.1 Å². The summed E-state index contributed by atoms with van der Waals surface area (Å²) in [5.74, 6) is 1.01. The predicted octanol–water partition coefficient (Wildman–Crippen LogP) is 2.48. The molecule has 1 atom stereocenters. The number of amides is 1. The molecule has 0 fully saturated rings. The van der Waals surface area contributed by atoms with Gasteiger partial charge in [-0.2, -0.15) is 0 Å². The van der Waals surface area contributed by atoms with Gasteiger partial charge in [0.2, 0.25) is 0 Å². The van der Waals surface area contributed by atoms with Gasteiger partial charge < -0.3 is 15.8 Å². The number of carbonyl (C=O) groups is 1. The van der Waals surface area contributed by atoms with Gasteiger partial charge in [0.25, 0.3) is 5.91 Å². The Morgan fingerprint density at radius 2 is 1.81 bits per heavy atom. The van der Waals surface area contributed by atoms with Crippen molar-refractivity contribution < 1.29 is 9.53 Å². The number of ether oxygens (including phenoxy) is 1. The van der Waals surface area contributed by atoms with E-state index in [1.807, 2.05) is 26.0 Å². The molecule has 3 N–H and O–H groups in total. The summed E-state index contributed by atoms with van der Waals surface area (Å²) in [6.07, 6.45) is -0.545. The number of benzene rings is 1. The SMILES string of the molecule is Cc1cc(C(N)=S)cc(C)c1OC(C)C(=O)NCC(C)C. The van der Waals surface area contributed by atoms with Crippen LogP contribution in [0.1, 0.15) is 37.5 Å². The topological polar surface area (TPSA) is 64.3 Å². The van der Waals surface area contributed by atoms with E-state index in [1.165, 1.54) is 0 Å². The van der Waals surface area contributed by atoms with Crippen LogP contribution < -0.4 is 15.8 Å². The standard InChI is InChI=1S/C16H24N2O2S/c1-9(2)8-18-16(19)12(5)20-14-10(3)6-13(15(17)21)7-11(14)4/h6-7,9,12H,8H2,1-5H3,(H2,17,21)(H,18,19). The third-order valence-corrected chi connectivity index (χ3v) is 3.33. The fraction of sp³-hybridized carbons (Fsp3) is 0.500. The summed E-state index contributed by atoms with van der Waals surface area (Å²) in [4.78, 5) is 12.3. The molecule has 0 aromatic heterocycles. The highest BCUT2D eigenvalue weighted by Gasteiger charge is 2.17. The minimum absolute atomic E-state index is 0.110. The Labute approximate surface area is 132 Å². The third-order valence-electron chi connectivity index (χ3n) is 3.09. The normalized spacial score (nSPS) is 12.1. The Morgan fingerprint density at radius 3 is 2.24 bits per heavy atom. The molecule has 1 aromatic carbocycles. The molecular formula is C16H24N2O2S. The van der Waals surface area contributed by atoms with Crippen molar-refractivity contribution in [3.05, 3.63) is 28.8 Å². The molecule has 0 aliphatic heterocycles. The second-order valence-electron chi connectivity index (χ2n) is 5.70. The van der Waals surface area contributed by atoms with Crippen LogP contribution in [-0.4, -0.2) is 23.5 Å². The van der Waals surface area contributed by atoms with E-state index in [4.69, 9.17) is 22.7 Å². The lowest BCUT2D eigenvalue weighted by Gasteiger charge is -2.19. The minimum atomic E-state index is -0.545. The molecule has 0 saturated heterocycles. The van der Waals surface area contributed by atoms with Crippen molar-refractivity contribution in [2.75, 3.05) is 6.54 Å². The van der Waals surface area contributed by atoms with E-state index < -0.39 is 6.10 Å². The zero-order chi connectivity index (χ0) is 16.2. The molecule has 1 rings (SSSR count). The van der Waals surface area contributed by atoms with Crippen molar-refractivity contribution in [3.63, 3.8) is 0 Å². The lowest BCUT2D eigenvalue weighted by atomic mass is 10.1. The van der Waals surface area contributed by atoms with Crippen molar-refractivity contribution in [2.24, 2.45) is 11.7 Å². The van der Waals surface area contributed by atoms with Crippen molar-refractivity contribution in [2.45, 2.75) is 40.7 Å². The second kappa shape index (κ2) is 7.41. The van der Waals surface area contributed by atoms with Crippen LogP contribution in [0.15, 0.2) is 12.1 Å². The fourth-order valence-corrected chi connectivity index (χ4v) is 2.08. The zero-order valence-electron chi connectivity index (χ0n) is 13.3. The van der Waals surface area contributed by atoms with Gasteiger partial charge in [0.15, 0.2) is 6.10 Å². The monoisotopic (exact) mass is 308 g/mol. The van der Waals surface area contributed by atoms with Gasteiger partial charge in [-0.1, -0.05) is 26.1 Å². The molecule has 4 nitrogen and oxygen atoms in total. The average Bonchev–Trinajstić information content (AvgIpc) is 2.39. The number of thiocarbonyl (C=S) groups is 1. The van der Waals surface area contributed by atoms with E-state index in [0.717, 1.165) is 16.7 Å². The van der Waals surface area contributed by atoms with Crippen LogP contribution in [0, 0.1) is 19.8 Å². The summed E-state index contributed by atoms with van der Waals surface area (Å²) in [6.45, 7) is 10.3. The van der Waals surface area contributed by atoms with Gasteiger partial charge in [-0.15, -0.1) is 0 Å². The van der Waals surface area contributed by atoms with Crippen LogP contribution in [-0.2, 0) is 4.79 Å². The van der Waals surface area contributed by atoms with Gasteiger partial charge in [0.1, 0.15) is 10.7 Å². The molecule has 0 aliphatic rings. The van der Waals surface area contributed by atoms with Gasteiger partial charge in [0, 0.05) is 12.1 Å². The first kappa shape index (κ1) is 17.4. The van der Waals surface area contributed by atoms with E-state index in [2.05, 4.69) is 19.2 Å². The number of carbonyl (C=O) groups excluding carboxylic acids is 1. The first-order chi connectivity index (χ1) is 9.72. The van der Waals surface area contributed by atoms with Crippen LogP contribution in [0.2, 0.25) is 0 Å². The highest BCUT2D eigenvalue weighted by atomic mass is 32.1.